The molecule has 2 aromatic rings. The predicted octanol–water partition coefficient (Wildman–Crippen LogP) is 3.88. The van der Waals surface area contributed by atoms with E-state index < -0.39 is 0 Å². The Hall–Kier alpha value is -1.55. The van der Waals surface area contributed by atoms with Gasteiger partial charge in [-0.2, -0.15) is 0 Å². The molecule has 2 heterocycles. The fourth-order valence-electron chi connectivity index (χ4n) is 3.13. The van der Waals surface area contributed by atoms with Crippen LogP contribution >= 0.6 is 35.3 Å². The van der Waals surface area contributed by atoms with Gasteiger partial charge in [-0.15, -0.1) is 35.3 Å². The monoisotopic (exact) mass is 529 g/mol. The van der Waals surface area contributed by atoms with Crippen LogP contribution in [0.25, 0.3) is 0 Å². The van der Waals surface area contributed by atoms with Crippen molar-refractivity contribution in [2.45, 2.75) is 26.2 Å². The number of ether oxygens (including phenoxy) is 1. The van der Waals surface area contributed by atoms with Crippen molar-refractivity contribution in [2.75, 3.05) is 51.3 Å². The molecule has 0 aliphatic carbocycles. The van der Waals surface area contributed by atoms with Crippen LogP contribution in [-0.4, -0.2) is 62.2 Å². The Kier molecular flexibility index (Phi) is 10.5. The Morgan fingerprint density at radius 1 is 1.28 bits per heavy atom. The number of thiazole rings is 1. The number of likely N-dealkylation sites (N-methyl/N-ethyl adjacent to an activating group) is 1. The topological polar surface area (TPSA) is 53.0 Å². The van der Waals surface area contributed by atoms with Crippen LogP contribution in [0.5, 0.6) is 5.75 Å². The minimum Gasteiger partial charge on any atom is -0.492 e. The highest BCUT2D eigenvalue weighted by Crippen LogP contribution is 2.24. The molecule has 3 rings (SSSR count). The number of para-hydroxylation sites is 1. The van der Waals surface area contributed by atoms with Crippen LogP contribution in [0.3, 0.4) is 0 Å². The van der Waals surface area contributed by atoms with Gasteiger partial charge in [-0.05, 0) is 31.9 Å². The summed E-state index contributed by atoms with van der Waals surface area (Å²) in [5.74, 6) is 1.81. The van der Waals surface area contributed by atoms with E-state index in [1.165, 1.54) is 18.0 Å². The molecule has 0 bridgehead atoms. The van der Waals surface area contributed by atoms with Gasteiger partial charge in [0.25, 0.3) is 0 Å². The van der Waals surface area contributed by atoms with Gasteiger partial charge in [0.1, 0.15) is 12.4 Å². The first-order valence-electron chi connectivity index (χ1n) is 10.1. The van der Waals surface area contributed by atoms with Crippen LogP contribution < -0.4 is 15.0 Å². The molecule has 0 amide bonds. The zero-order valence-electron chi connectivity index (χ0n) is 17.3. The number of nitrogens with zero attached hydrogens (tertiary/aromatic N) is 4. The Labute approximate surface area is 195 Å². The first kappa shape index (κ1) is 23.7. The number of anilines is 1. The second-order valence-corrected chi connectivity index (χ2v) is 7.72. The summed E-state index contributed by atoms with van der Waals surface area (Å²) in [6.07, 6.45) is 3.44. The third kappa shape index (κ3) is 7.65. The zero-order chi connectivity index (χ0) is 19.6. The number of nitrogens with one attached hydrogen (secondary N) is 1. The molecule has 29 heavy (non-hydrogen) atoms. The van der Waals surface area contributed by atoms with E-state index >= 15 is 0 Å². The van der Waals surface area contributed by atoms with Gasteiger partial charge < -0.3 is 19.9 Å². The maximum atomic E-state index is 5.79. The van der Waals surface area contributed by atoms with Crippen molar-refractivity contribution < 1.29 is 4.74 Å². The van der Waals surface area contributed by atoms with Crippen molar-refractivity contribution in [3.63, 3.8) is 0 Å². The van der Waals surface area contributed by atoms with E-state index in [9.17, 15) is 0 Å². The average Bonchev–Trinajstić information content (AvgIpc) is 3.40. The molecule has 8 heteroatoms. The molecule has 0 radical (unpaired) electrons. The van der Waals surface area contributed by atoms with Crippen LogP contribution in [-0.2, 0) is 6.42 Å². The Balaban J connectivity index is 0.00000300. The minimum atomic E-state index is 0. The molecular weight excluding hydrogens is 497 g/mol. The molecule has 0 spiro atoms. The Bertz CT molecular complexity index is 734. The molecule has 1 fully saturated rings. The lowest BCUT2D eigenvalue weighted by molar-refractivity contribution is 0.281. The molecule has 1 saturated heterocycles. The molecular formula is C21H32IN5OS. The molecule has 1 aliphatic rings. The summed E-state index contributed by atoms with van der Waals surface area (Å²) in [5, 5.41) is 6.70. The van der Waals surface area contributed by atoms with E-state index in [-0.39, 0.29) is 24.0 Å². The van der Waals surface area contributed by atoms with Gasteiger partial charge in [0.05, 0.1) is 12.2 Å². The Morgan fingerprint density at radius 3 is 2.76 bits per heavy atom. The number of aliphatic imine (C=N–C) groups is 1. The summed E-state index contributed by atoms with van der Waals surface area (Å²) in [5.41, 5.74) is 1.14. The first-order valence-corrected chi connectivity index (χ1v) is 11.0. The predicted molar refractivity (Wildman–Crippen MR) is 133 cm³/mol. The lowest BCUT2D eigenvalue weighted by atomic mass is 10.3. The van der Waals surface area contributed by atoms with E-state index in [4.69, 9.17) is 14.7 Å². The van der Waals surface area contributed by atoms with Gasteiger partial charge in [-0.25, -0.2) is 4.98 Å². The molecule has 1 aliphatic heterocycles. The fourth-order valence-corrected chi connectivity index (χ4v) is 4.05. The largest absolute Gasteiger partial charge is 0.492 e. The van der Waals surface area contributed by atoms with Gasteiger partial charge in [0.2, 0.25) is 0 Å². The molecule has 1 aromatic carbocycles. The second-order valence-electron chi connectivity index (χ2n) is 6.88. The van der Waals surface area contributed by atoms with Gasteiger partial charge >= 0.3 is 0 Å². The smallest absolute Gasteiger partial charge is 0.193 e. The SMILES string of the molecule is CCNC(=NCCc1csc(N2CCCC2)n1)N(C)CCOc1ccccc1.I. The van der Waals surface area contributed by atoms with Crippen molar-refractivity contribution in [2.24, 2.45) is 4.99 Å². The summed E-state index contributed by atoms with van der Waals surface area (Å²) in [6.45, 7) is 7.35. The van der Waals surface area contributed by atoms with Crippen LogP contribution in [0, 0.1) is 0 Å². The number of guanidine groups is 1. The van der Waals surface area contributed by atoms with E-state index in [2.05, 4.69) is 27.4 Å². The summed E-state index contributed by atoms with van der Waals surface area (Å²) in [6, 6.07) is 9.91. The lowest BCUT2D eigenvalue weighted by Gasteiger charge is -2.22. The highest BCUT2D eigenvalue weighted by Gasteiger charge is 2.15. The number of aromatic nitrogens is 1. The number of hydrogen-bond donors (Lipinski definition) is 1. The number of hydrogen-bond acceptors (Lipinski definition) is 5. The summed E-state index contributed by atoms with van der Waals surface area (Å²) in [7, 11) is 2.05. The van der Waals surface area contributed by atoms with Crippen molar-refractivity contribution in [1.82, 2.24) is 15.2 Å². The molecule has 1 N–H and O–H groups in total. The summed E-state index contributed by atoms with van der Waals surface area (Å²) in [4.78, 5) is 14.1. The lowest BCUT2D eigenvalue weighted by Crippen LogP contribution is -2.41. The normalized spacial score (nSPS) is 13.9. The molecule has 0 saturated carbocycles. The van der Waals surface area contributed by atoms with Crippen molar-refractivity contribution >= 4 is 46.4 Å². The highest BCUT2D eigenvalue weighted by molar-refractivity contribution is 14.0. The maximum Gasteiger partial charge on any atom is 0.193 e. The number of halogens is 1. The molecule has 6 nitrogen and oxygen atoms in total. The first-order chi connectivity index (χ1) is 13.8. The summed E-state index contributed by atoms with van der Waals surface area (Å²) < 4.78 is 5.79. The van der Waals surface area contributed by atoms with Crippen LogP contribution in [0.15, 0.2) is 40.7 Å². The van der Waals surface area contributed by atoms with Crippen LogP contribution in [0.1, 0.15) is 25.5 Å². The quantitative estimate of drug-likeness (QED) is 0.304. The highest BCUT2D eigenvalue weighted by atomic mass is 127. The molecule has 0 unspecified atom stereocenters. The van der Waals surface area contributed by atoms with Gasteiger partial charge in [-0.1, -0.05) is 18.2 Å². The zero-order valence-corrected chi connectivity index (χ0v) is 20.5. The fraction of sp³-hybridized carbons (Fsp3) is 0.524. The van der Waals surface area contributed by atoms with Crippen LogP contribution in [0.4, 0.5) is 5.13 Å². The van der Waals surface area contributed by atoms with Crippen LogP contribution in [0.2, 0.25) is 0 Å². The maximum absolute atomic E-state index is 5.79. The third-order valence-corrected chi connectivity index (χ3v) is 5.63. The van der Waals surface area contributed by atoms with Gasteiger partial charge in [0.15, 0.2) is 11.1 Å². The molecule has 0 atom stereocenters. The number of benzene rings is 1. The Morgan fingerprint density at radius 2 is 2.03 bits per heavy atom. The van der Waals surface area contributed by atoms with Gasteiger partial charge in [-0.3, -0.25) is 4.99 Å². The molecule has 1 aromatic heterocycles. The summed E-state index contributed by atoms with van der Waals surface area (Å²) >= 11 is 1.75. The third-order valence-electron chi connectivity index (χ3n) is 4.68. The number of rotatable bonds is 9. The minimum absolute atomic E-state index is 0. The van der Waals surface area contributed by atoms with E-state index in [0.29, 0.717) is 6.61 Å². The van der Waals surface area contributed by atoms with Gasteiger partial charge in [0, 0.05) is 45.0 Å². The van der Waals surface area contributed by atoms with Crippen molar-refractivity contribution in [3.8, 4) is 5.75 Å². The van der Waals surface area contributed by atoms with E-state index in [1.54, 1.807) is 11.3 Å². The second kappa shape index (κ2) is 12.9. The van der Waals surface area contributed by atoms with E-state index in [0.717, 1.165) is 56.5 Å². The van der Waals surface area contributed by atoms with Crippen molar-refractivity contribution in [3.05, 3.63) is 41.4 Å². The average molecular weight is 529 g/mol. The van der Waals surface area contributed by atoms with E-state index in [1.807, 2.05) is 37.4 Å². The molecule has 160 valence electrons. The standard InChI is InChI=1S/C21H31N5OS.HI/c1-3-22-20(25(2)15-16-27-19-9-5-4-6-10-19)23-12-11-18-17-28-21(24-18)26-13-7-8-14-26;/h4-6,9-10,17H,3,7-8,11-16H2,1-2H3,(H,22,23);1H. The van der Waals surface area contributed by atoms with Crippen molar-refractivity contribution in [1.29, 1.82) is 0 Å².